The zero-order valence-electron chi connectivity index (χ0n) is 17.7. The summed E-state index contributed by atoms with van der Waals surface area (Å²) in [4.78, 5) is -0.00939. The van der Waals surface area contributed by atoms with Crippen molar-refractivity contribution < 1.29 is 13.0 Å². The van der Waals surface area contributed by atoms with E-state index in [4.69, 9.17) is 0 Å². The first kappa shape index (κ1) is 21.7. The maximum Gasteiger partial charge on any atom is 0.295 e. The van der Waals surface area contributed by atoms with E-state index < -0.39 is 18.0 Å². The molecule has 0 heterocycles. The molecular weight excluding hydrogens is 399 g/mol. The van der Waals surface area contributed by atoms with Crippen LogP contribution in [0.5, 0.6) is 0 Å². The van der Waals surface area contributed by atoms with Crippen LogP contribution in [0, 0.1) is 41.5 Å². The Morgan fingerprint density at radius 1 is 0.690 bits per heavy atom. The van der Waals surface area contributed by atoms with Gasteiger partial charge >= 0.3 is 0 Å². The summed E-state index contributed by atoms with van der Waals surface area (Å²) in [6, 6.07) is 15.4. The number of benzene rings is 3. The molecule has 0 aliphatic heterocycles. The molecule has 3 rings (SSSR count). The molecule has 3 aromatic carbocycles. The first-order valence-corrected chi connectivity index (χ1v) is 12.3. The Labute approximate surface area is 175 Å². The van der Waals surface area contributed by atoms with Crippen LogP contribution < -0.4 is 15.9 Å². The third-order valence-electron chi connectivity index (χ3n) is 5.10. The summed E-state index contributed by atoms with van der Waals surface area (Å²) in [5.41, 5.74) is 6.91. The predicted molar refractivity (Wildman–Crippen MR) is 123 cm³/mol. The summed E-state index contributed by atoms with van der Waals surface area (Å²) in [6.45, 7) is 12.5. The molecule has 152 valence electrons. The monoisotopic (exact) mass is 426 g/mol. The zero-order chi connectivity index (χ0) is 21.5. The van der Waals surface area contributed by atoms with Gasteiger partial charge in [-0.3, -0.25) is 4.55 Å². The zero-order valence-corrected chi connectivity index (χ0v) is 19.4. The minimum absolute atomic E-state index is 0.00939. The summed E-state index contributed by atoms with van der Waals surface area (Å²) >= 11 is 0. The van der Waals surface area contributed by atoms with Crippen molar-refractivity contribution in [1.29, 1.82) is 0 Å². The SMILES string of the molecule is Cc1cc(C)c(P(c2ccccc2S(=O)(=O)O)c2c(C)cc(C)cc2C)c(C)c1. The highest BCUT2D eigenvalue weighted by atomic mass is 32.2. The Balaban J connectivity index is 2.47. The van der Waals surface area contributed by atoms with Crippen molar-refractivity contribution in [2.45, 2.75) is 46.4 Å². The van der Waals surface area contributed by atoms with Gasteiger partial charge in [0.15, 0.2) is 0 Å². The Kier molecular flexibility index (Phi) is 6.01. The lowest BCUT2D eigenvalue weighted by Crippen LogP contribution is -2.30. The van der Waals surface area contributed by atoms with Gasteiger partial charge in [-0.05, 0) is 88.4 Å². The van der Waals surface area contributed by atoms with E-state index in [0.29, 0.717) is 5.30 Å². The van der Waals surface area contributed by atoms with Gasteiger partial charge in [-0.1, -0.05) is 53.6 Å². The van der Waals surface area contributed by atoms with Crippen molar-refractivity contribution in [2.24, 2.45) is 0 Å². The number of aryl methyl sites for hydroxylation is 6. The van der Waals surface area contributed by atoms with Gasteiger partial charge in [0.25, 0.3) is 10.1 Å². The molecule has 0 radical (unpaired) electrons. The molecule has 0 saturated heterocycles. The largest absolute Gasteiger partial charge is 0.295 e. The van der Waals surface area contributed by atoms with Crippen molar-refractivity contribution in [3.8, 4) is 0 Å². The molecule has 0 saturated carbocycles. The summed E-state index contributed by atoms with van der Waals surface area (Å²) in [5, 5.41) is 2.96. The molecule has 0 fully saturated rings. The minimum Gasteiger partial charge on any atom is -0.282 e. The summed E-state index contributed by atoms with van der Waals surface area (Å²) in [7, 11) is -5.52. The molecule has 0 aromatic heterocycles. The fourth-order valence-corrected chi connectivity index (χ4v) is 8.37. The Hall–Kier alpha value is -2.00. The fraction of sp³-hybridized carbons (Fsp3) is 0.250. The highest BCUT2D eigenvalue weighted by molar-refractivity contribution is 7.88. The lowest BCUT2D eigenvalue weighted by molar-refractivity contribution is 0.484. The van der Waals surface area contributed by atoms with Crippen molar-refractivity contribution >= 4 is 34.0 Å². The van der Waals surface area contributed by atoms with E-state index in [9.17, 15) is 13.0 Å². The molecule has 1 N–H and O–H groups in total. The van der Waals surface area contributed by atoms with E-state index >= 15 is 0 Å². The van der Waals surface area contributed by atoms with Crippen LogP contribution in [0.1, 0.15) is 33.4 Å². The van der Waals surface area contributed by atoms with E-state index in [0.717, 1.165) is 32.9 Å². The van der Waals surface area contributed by atoms with E-state index in [1.807, 2.05) is 12.1 Å². The van der Waals surface area contributed by atoms with Crippen LogP contribution in [0.15, 0.2) is 53.4 Å². The van der Waals surface area contributed by atoms with E-state index in [1.165, 1.54) is 17.2 Å². The fourth-order valence-electron chi connectivity index (χ4n) is 4.26. The third-order valence-corrected chi connectivity index (χ3v) is 9.34. The van der Waals surface area contributed by atoms with E-state index in [1.54, 1.807) is 6.07 Å². The molecule has 3 nitrogen and oxygen atoms in total. The first-order chi connectivity index (χ1) is 13.5. The summed E-state index contributed by atoms with van der Waals surface area (Å²) in [6.07, 6.45) is 0. The summed E-state index contributed by atoms with van der Waals surface area (Å²) < 4.78 is 34.4. The molecule has 29 heavy (non-hydrogen) atoms. The van der Waals surface area contributed by atoms with Crippen LogP contribution in [0.3, 0.4) is 0 Å². The second-order valence-electron chi connectivity index (χ2n) is 7.77. The van der Waals surface area contributed by atoms with Crippen molar-refractivity contribution in [1.82, 2.24) is 0 Å². The minimum atomic E-state index is -4.35. The van der Waals surface area contributed by atoms with Gasteiger partial charge in [-0.2, -0.15) is 8.42 Å². The predicted octanol–water partition coefficient (Wildman–Crippen LogP) is 4.54. The van der Waals surface area contributed by atoms with Crippen LogP contribution in [0.4, 0.5) is 0 Å². The smallest absolute Gasteiger partial charge is 0.282 e. The maximum absolute atomic E-state index is 12.2. The van der Waals surface area contributed by atoms with Gasteiger partial charge in [0, 0.05) is 5.30 Å². The maximum atomic E-state index is 12.2. The molecule has 0 atom stereocenters. The topological polar surface area (TPSA) is 54.4 Å². The molecule has 0 aliphatic carbocycles. The summed E-state index contributed by atoms with van der Waals surface area (Å²) in [5.74, 6) is 0. The van der Waals surface area contributed by atoms with Crippen molar-refractivity contribution in [3.05, 3.63) is 81.9 Å². The van der Waals surface area contributed by atoms with Crippen LogP contribution in [-0.2, 0) is 10.1 Å². The number of rotatable bonds is 4. The molecule has 5 heteroatoms. The van der Waals surface area contributed by atoms with Gasteiger partial charge in [-0.25, -0.2) is 0 Å². The first-order valence-electron chi connectivity index (χ1n) is 9.53. The number of hydrogen-bond acceptors (Lipinski definition) is 2. The van der Waals surface area contributed by atoms with Crippen LogP contribution in [0.25, 0.3) is 0 Å². The van der Waals surface area contributed by atoms with Gasteiger partial charge in [0.2, 0.25) is 0 Å². The van der Waals surface area contributed by atoms with E-state index in [-0.39, 0.29) is 4.90 Å². The normalized spacial score (nSPS) is 11.9. The molecule has 0 spiro atoms. The van der Waals surface area contributed by atoms with Gasteiger partial charge in [0.05, 0.1) is 0 Å². The van der Waals surface area contributed by atoms with Crippen LogP contribution in [0.2, 0.25) is 0 Å². The van der Waals surface area contributed by atoms with Crippen molar-refractivity contribution in [3.63, 3.8) is 0 Å². The quantitative estimate of drug-likeness (QED) is 0.492. The van der Waals surface area contributed by atoms with Gasteiger partial charge in [0.1, 0.15) is 4.90 Å². The highest BCUT2D eigenvalue weighted by Crippen LogP contribution is 2.40. The average molecular weight is 427 g/mol. The second kappa shape index (κ2) is 8.02. The van der Waals surface area contributed by atoms with Crippen LogP contribution in [-0.4, -0.2) is 13.0 Å². The Morgan fingerprint density at radius 3 is 1.45 bits per heavy atom. The molecule has 0 amide bonds. The number of hydrogen-bond donors (Lipinski definition) is 1. The molecule has 0 aliphatic rings. The van der Waals surface area contributed by atoms with Gasteiger partial charge in [-0.15, -0.1) is 0 Å². The molecular formula is C24H27O3PS. The van der Waals surface area contributed by atoms with Crippen molar-refractivity contribution in [2.75, 3.05) is 0 Å². The standard InChI is InChI=1S/C24H27O3PS/c1-15-11-17(3)23(18(4)12-15)28(24-19(5)13-16(2)14-20(24)6)21-9-7-8-10-22(21)29(25,26)27/h7-14H,1-6H3,(H,25,26,27). The van der Waals surface area contributed by atoms with Crippen LogP contribution >= 0.6 is 7.92 Å². The lowest BCUT2D eigenvalue weighted by atomic mass is 10.1. The van der Waals surface area contributed by atoms with Gasteiger partial charge < -0.3 is 0 Å². The highest BCUT2D eigenvalue weighted by Gasteiger charge is 2.29. The second-order valence-corrected chi connectivity index (χ2v) is 11.2. The Bertz CT molecular complexity index is 1090. The third kappa shape index (κ3) is 4.30. The Morgan fingerprint density at radius 2 is 1.07 bits per heavy atom. The average Bonchev–Trinajstić information content (AvgIpc) is 2.58. The molecule has 0 bridgehead atoms. The lowest BCUT2D eigenvalue weighted by Gasteiger charge is -2.28. The molecule has 0 unspecified atom stereocenters. The van der Waals surface area contributed by atoms with E-state index in [2.05, 4.69) is 65.8 Å². The molecule has 3 aromatic rings.